The van der Waals surface area contributed by atoms with Gasteiger partial charge in [0, 0.05) is 26.2 Å². The number of fused-ring (bicyclic) bond motifs is 1. The van der Waals surface area contributed by atoms with Crippen molar-refractivity contribution < 1.29 is 4.79 Å². The van der Waals surface area contributed by atoms with Crippen LogP contribution in [0.2, 0.25) is 0 Å². The van der Waals surface area contributed by atoms with Gasteiger partial charge in [-0.1, -0.05) is 48.5 Å². The van der Waals surface area contributed by atoms with E-state index in [1.807, 2.05) is 23.1 Å². The zero-order valence-corrected chi connectivity index (χ0v) is 11.8. The molecule has 3 nitrogen and oxygen atoms in total. The van der Waals surface area contributed by atoms with Crippen LogP contribution < -0.4 is 4.90 Å². The molecule has 0 aromatic heterocycles. The van der Waals surface area contributed by atoms with Crippen LogP contribution in [0.5, 0.6) is 0 Å². The first kappa shape index (κ1) is 12.7. The summed E-state index contributed by atoms with van der Waals surface area (Å²) in [5, 5.41) is 0. The van der Waals surface area contributed by atoms with E-state index < -0.39 is 0 Å². The first-order valence-electron chi connectivity index (χ1n) is 6.84. The number of rotatable bonds is 1. The molecule has 2 aromatic rings. The van der Waals surface area contributed by atoms with Crippen LogP contribution in [-0.4, -0.2) is 31.6 Å². The summed E-state index contributed by atoms with van der Waals surface area (Å²) in [5.74, 6) is 0. The molecule has 3 heteroatoms. The van der Waals surface area contributed by atoms with E-state index >= 15 is 0 Å². The lowest BCUT2D eigenvalue weighted by Crippen LogP contribution is -2.38. The van der Waals surface area contributed by atoms with Crippen molar-refractivity contribution in [2.45, 2.75) is 6.42 Å². The zero-order valence-electron chi connectivity index (χ0n) is 11.8. The summed E-state index contributed by atoms with van der Waals surface area (Å²) in [6.07, 6.45) is 0.926. The fourth-order valence-electron chi connectivity index (χ4n) is 2.74. The van der Waals surface area contributed by atoms with Crippen LogP contribution >= 0.6 is 0 Å². The Labute approximate surface area is 119 Å². The third kappa shape index (κ3) is 2.05. The average Bonchev–Trinajstić information content (AvgIpc) is 2.91. The summed E-state index contributed by atoms with van der Waals surface area (Å²) >= 11 is 0. The maximum Gasteiger partial charge on any atom is 0.323 e. The Morgan fingerprint density at radius 2 is 1.80 bits per heavy atom. The highest BCUT2D eigenvalue weighted by Gasteiger charge is 2.28. The van der Waals surface area contributed by atoms with Gasteiger partial charge in [0.25, 0.3) is 0 Å². The number of carbonyl (C=O) groups excluding carboxylic acids is 1. The molecule has 2 aromatic carbocycles. The molecule has 0 radical (unpaired) electrons. The first-order valence-corrected chi connectivity index (χ1v) is 6.84. The minimum absolute atomic E-state index is 0.0483. The molecule has 0 spiro atoms. The summed E-state index contributed by atoms with van der Waals surface area (Å²) in [6, 6.07) is 16.6. The van der Waals surface area contributed by atoms with Gasteiger partial charge in [-0.05, 0) is 17.5 Å². The van der Waals surface area contributed by atoms with E-state index in [9.17, 15) is 4.79 Å². The van der Waals surface area contributed by atoms with Crippen LogP contribution in [0.3, 0.4) is 0 Å². The Kier molecular flexibility index (Phi) is 3.18. The third-order valence-corrected chi connectivity index (χ3v) is 3.69. The van der Waals surface area contributed by atoms with E-state index in [1.165, 1.54) is 5.56 Å². The average molecular weight is 266 g/mol. The van der Waals surface area contributed by atoms with Crippen LogP contribution in [0.4, 0.5) is 10.5 Å². The van der Waals surface area contributed by atoms with Crippen molar-refractivity contribution in [3.63, 3.8) is 0 Å². The van der Waals surface area contributed by atoms with Crippen molar-refractivity contribution in [1.82, 2.24) is 4.90 Å². The topological polar surface area (TPSA) is 23.6 Å². The number of hydrogen-bond acceptors (Lipinski definition) is 1. The molecule has 0 aliphatic carbocycles. The Bertz CT molecular complexity index is 635. The second-order valence-corrected chi connectivity index (χ2v) is 5.26. The van der Waals surface area contributed by atoms with Gasteiger partial charge in [0.05, 0.1) is 5.69 Å². The standard InChI is InChI=1S/C17H18N2O/c1-18(2)17(20)19-12-11-14-9-6-10-15(16(14)19)13-7-4-3-5-8-13/h3-10H,11-12H2,1-2H3. The van der Waals surface area contributed by atoms with Crippen molar-refractivity contribution in [2.75, 3.05) is 25.5 Å². The number of anilines is 1. The number of carbonyl (C=O) groups is 1. The van der Waals surface area contributed by atoms with E-state index in [0.717, 1.165) is 29.8 Å². The van der Waals surface area contributed by atoms with Crippen molar-refractivity contribution in [3.05, 3.63) is 54.1 Å². The lowest BCUT2D eigenvalue weighted by molar-refractivity contribution is 0.224. The molecule has 0 unspecified atom stereocenters. The molecular weight excluding hydrogens is 248 g/mol. The molecule has 0 saturated carbocycles. The summed E-state index contributed by atoms with van der Waals surface area (Å²) in [5.41, 5.74) is 4.61. The van der Waals surface area contributed by atoms with E-state index in [1.54, 1.807) is 19.0 Å². The number of nitrogens with zero attached hydrogens (tertiary/aromatic N) is 2. The number of para-hydroxylation sites is 1. The Balaban J connectivity index is 2.12. The predicted molar refractivity (Wildman–Crippen MR) is 82.0 cm³/mol. The van der Waals surface area contributed by atoms with Gasteiger partial charge in [0.1, 0.15) is 0 Å². The number of urea groups is 1. The van der Waals surface area contributed by atoms with Gasteiger partial charge in [0.2, 0.25) is 0 Å². The van der Waals surface area contributed by atoms with Gasteiger partial charge in [-0.25, -0.2) is 4.79 Å². The normalized spacial score (nSPS) is 13.2. The molecule has 0 bridgehead atoms. The van der Waals surface area contributed by atoms with Crippen molar-refractivity contribution >= 4 is 11.7 Å². The third-order valence-electron chi connectivity index (χ3n) is 3.69. The molecule has 0 saturated heterocycles. The van der Waals surface area contributed by atoms with Crippen molar-refractivity contribution in [2.24, 2.45) is 0 Å². The van der Waals surface area contributed by atoms with Crippen molar-refractivity contribution in [1.29, 1.82) is 0 Å². The van der Waals surface area contributed by atoms with Gasteiger partial charge < -0.3 is 4.90 Å². The first-order chi connectivity index (χ1) is 9.68. The SMILES string of the molecule is CN(C)C(=O)N1CCc2cccc(-c3ccccc3)c21. The highest BCUT2D eigenvalue weighted by Crippen LogP contribution is 2.38. The lowest BCUT2D eigenvalue weighted by Gasteiger charge is -2.24. The zero-order chi connectivity index (χ0) is 14.1. The van der Waals surface area contributed by atoms with Crippen LogP contribution in [0.15, 0.2) is 48.5 Å². The molecule has 2 amide bonds. The molecular formula is C17H18N2O. The maximum atomic E-state index is 12.3. The van der Waals surface area contributed by atoms with Crippen LogP contribution in [-0.2, 0) is 6.42 Å². The highest BCUT2D eigenvalue weighted by atomic mass is 16.2. The minimum Gasteiger partial charge on any atom is -0.330 e. The number of hydrogen-bond donors (Lipinski definition) is 0. The van der Waals surface area contributed by atoms with Crippen LogP contribution in [0.25, 0.3) is 11.1 Å². The van der Waals surface area contributed by atoms with E-state index in [2.05, 4.69) is 30.3 Å². The van der Waals surface area contributed by atoms with Gasteiger partial charge in [0.15, 0.2) is 0 Å². The van der Waals surface area contributed by atoms with E-state index in [4.69, 9.17) is 0 Å². The molecule has 0 atom stereocenters. The molecule has 0 fully saturated rings. The summed E-state index contributed by atoms with van der Waals surface area (Å²) < 4.78 is 0. The Morgan fingerprint density at radius 3 is 2.50 bits per heavy atom. The number of benzene rings is 2. The quantitative estimate of drug-likeness (QED) is 0.776. The summed E-state index contributed by atoms with van der Waals surface area (Å²) in [6.45, 7) is 0.760. The number of amides is 2. The fourth-order valence-corrected chi connectivity index (χ4v) is 2.74. The van der Waals surface area contributed by atoms with Gasteiger partial charge in [-0.15, -0.1) is 0 Å². The van der Waals surface area contributed by atoms with Gasteiger partial charge in [-0.3, -0.25) is 4.90 Å². The summed E-state index contributed by atoms with van der Waals surface area (Å²) in [7, 11) is 3.59. The second kappa shape index (κ2) is 5.00. The van der Waals surface area contributed by atoms with Gasteiger partial charge in [-0.2, -0.15) is 0 Å². The molecule has 20 heavy (non-hydrogen) atoms. The largest absolute Gasteiger partial charge is 0.330 e. The Morgan fingerprint density at radius 1 is 1.05 bits per heavy atom. The fraction of sp³-hybridized carbons (Fsp3) is 0.235. The monoisotopic (exact) mass is 266 g/mol. The summed E-state index contributed by atoms with van der Waals surface area (Å²) in [4.78, 5) is 15.9. The van der Waals surface area contributed by atoms with E-state index in [0.29, 0.717) is 0 Å². The van der Waals surface area contributed by atoms with Crippen LogP contribution in [0.1, 0.15) is 5.56 Å². The molecule has 3 rings (SSSR count). The molecule has 0 N–H and O–H groups in total. The lowest BCUT2D eigenvalue weighted by atomic mass is 10.0. The predicted octanol–water partition coefficient (Wildman–Crippen LogP) is 3.40. The van der Waals surface area contributed by atoms with Crippen LogP contribution in [0, 0.1) is 0 Å². The van der Waals surface area contributed by atoms with E-state index in [-0.39, 0.29) is 6.03 Å². The molecule has 1 aliphatic rings. The smallest absolute Gasteiger partial charge is 0.323 e. The molecule has 102 valence electrons. The highest BCUT2D eigenvalue weighted by molar-refractivity contribution is 5.99. The maximum absolute atomic E-state index is 12.3. The van der Waals surface area contributed by atoms with Gasteiger partial charge >= 0.3 is 6.03 Å². The molecule has 1 aliphatic heterocycles. The second-order valence-electron chi connectivity index (χ2n) is 5.26. The van der Waals surface area contributed by atoms with Crippen molar-refractivity contribution in [3.8, 4) is 11.1 Å². The minimum atomic E-state index is 0.0483. The molecule has 1 heterocycles. The Hall–Kier alpha value is -2.29.